The maximum Gasteiger partial charge on any atom is 0.416 e. The van der Waals surface area contributed by atoms with E-state index in [0.717, 1.165) is 5.56 Å². The molecule has 2 aliphatic rings. The zero-order valence-electron chi connectivity index (χ0n) is 23.0. The summed E-state index contributed by atoms with van der Waals surface area (Å²) in [4.78, 5) is 14.4. The van der Waals surface area contributed by atoms with E-state index in [-0.39, 0.29) is 35.4 Å². The van der Waals surface area contributed by atoms with Crippen molar-refractivity contribution in [3.63, 3.8) is 0 Å². The first-order valence-electron chi connectivity index (χ1n) is 13.9. The smallest absolute Gasteiger partial charge is 0.416 e. The van der Waals surface area contributed by atoms with Crippen LogP contribution in [0.5, 0.6) is 0 Å². The van der Waals surface area contributed by atoms with Crippen LogP contribution in [-0.2, 0) is 31.4 Å². The molecule has 2 aromatic rings. The summed E-state index contributed by atoms with van der Waals surface area (Å²) >= 11 is 0. The summed E-state index contributed by atoms with van der Waals surface area (Å²) in [7, 11) is 0. The second kappa shape index (κ2) is 13.1. The molecule has 0 amide bonds. The van der Waals surface area contributed by atoms with Gasteiger partial charge in [0.05, 0.1) is 36.4 Å². The Morgan fingerprint density at radius 2 is 1.59 bits per heavy atom. The van der Waals surface area contributed by atoms with E-state index in [4.69, 9.17) is 14.2 Å². The Labute approximate surface area is 235 Å². The number of rotatable bonds is 8. The Kier molecular flexibility index (Phi) is 10.0. The second-order valence-corrected chi connectivity index (χ2v) is 10.7. The van der Waals surface area contributed by atoms with Gasteiger partial charge in [0.1, 0.15) is 0 Å². The van der Waals surface area contributed by atoms with Crippen molar-refractivity contribution < 1.29 is 45.3 Å². The van der Waals surface area contributed by atoms with Crippen LogP contribution in [0.2, 0.25) is 0 Å². The number of benzene rings is 2. The number of alkyl halides is 6. The van der Waals surface area contributed by atoms with Crippen LogP contribution < -0.4 is 0 Å². The first-order valence-corrected chi connectivity index (χ1v) is 13.9. The van der Waals surface area contributed by atoms with E-state index in [9.17, 15) is 31.1 Å². The minimum absolute atomic E-state index is 0.0507. The summed E-state index contributed by atoms with van der Waals surface area (Å²) in [6.45, 7) is 6.02. The Morgan fingerprint density at radius 3 is 2.15 bits per heavy atom. The fraction of sp³-hybridized carbons (Fsp3) is 0.567. The topological polar surface area (TPSA) is 48.0 Å². The quantitative estimate of drug-likeness (QED) is 0.241. The van der Waals surface area contributed by atoms with Crippen molar-refractivity contribution in [2.75, 3.05) is 32.8 Å². The van der Waals surface area contributed by atoms with Gasteiger partial charge in [0, 0.05) is 12.5 Å². The van der Waals surface area contributed by atoms with Crippen molar-refractivity contribution >= 4 is 5.97 Å². The van der Waals surface area contributed by atoms with Crippen LogP contribution in [0.1, 0.15) is 67.4 Å². The van der Waals surface area contributed by atoms with Crippen molar-refractivity contribution in [2.24, 2.45) is 11.8 Å². The number of likely N-dealkylation sites (tertiary alicyclic amines) is 1. The van der Waals surface area contributed by atoms with Crippen LogP contribution in [0.4, 0.5) is 26.3 Å². The molecular formula is C30H35F6NO4. The molecule has 1 unspecified atom stereocenters. The minimum atomic E-state index is -4.95. The fourth-order valence-electron chi connectivity index (χ4n) is 5.71. The highest BCUT2D eigenvalue weighted by molar-refractivity contribution is 5.72. The molecule has 4 atom stereocenters. The fourth-order valence-corrected chi connectivity index (χ4v) is 5.71. The third kappa shape index (κ3) is 8.02. The lowest BCUT2D eigenvalue weighted by molar-refractivity contribution is -0.210. The lowest BCUT2D eigenvalue weighted by Crippen LogP contribution is -2.45. The molecular weight excluding hydrogens is 552 g/mol. The van der Waals surface area contributed by atoms with E-state index < -0.39 is 35.9 Å². The number of halogens is 6. The van der Waals surface area contributed by atoms with Crippen LogP contribution >= 0.6 is 0 Å². The van der Waals surface area contributed by atoms with Crippen molar-refractivity contribution in [2.45, 2.75) is 63.8 Å². The van der Waals surface area contributed by atoms with Crippen LogP contribution in [0.15, 0.2) is 48.5 Å². The SMILES string of the molecule is CCOC(=O)C1CCN(C[C@@H]2CCO[C@H](OC(C)c3cc(C(F)(F)F)cc(C(F)(F)F)c3)[C@H]2c2ccccc2)CC1. The summed E-state index contributed by atoms with van der Waals surface area (Å²) < 4.78 is 98.0. The van der Waals surface area contributed by atoms with Crippen molar-refractivity contribution in [1.82, 2.24) is 4.90 Å². The van der Waals surface area contributed by atoms with Gasteiger partial charge in [-0.15, -0.1) is 0 Å². The average Bonchev–Trinajstić information content (AvgIpc) is 2.93. The Balaban J connectivity index is 1.54. The third-order valence-electron chi connectivity index (χ3n) is 7.87. The summed E-state index contributed by atoms with van der Waals surface area (Å²) in [5.41, 5.74) is -2.08. The molecule has 0 saturated carbocycles. The van der Waals surface area contributed by atoms with E-state index in [1.807, 2.05) is 30.3 Å². The number of esters is 1. The number of nitrogens with zero attached hydrogens (tertiary/aromatic N) is 1. The molecule has 2 aliphatic heterocycles. The lowest BCUT2D eigenvalue weighted by Gasteiger charge is -2.42. The van der Waals surface area contributed by atoms with Crippen molar-refractivity contribution in [3.05, 3.63) is 70.8 Å². The molecule has 0 aliphatic carbocycles. The van der Waals surface area contributed by atoms with E-state index in [2.05, 4.69) is 4.90 Å². The monoisotopic (exact) mass is 587 g/mol. The van der Waals surface area contributed by atoms with Crippen LogP contribution in [0.3, 0.4) is 0 Å². The van der Waals surface area contributed by atoms with Gasteiger partial charge in [0.15, 0.2) is 6.29 Å². The van der Waals surface area contributed by atoms with E-state index >= 15 is 0 Å². The van der Waals surface area contributed by atoms with E-state index in [1.54, 1.807) is 6.92 Å². The van der Waals surface area contributed by atoms with Crippen molar-refractivity contribution in [3.8, 4) is 0 Å². The van der Waals surface area contributed by atoms with Crippen LogP contribution in [0, 0.1) is 11.8 Å². The Morgan fingerprint density at radius 1 is 0.976 bits per heavy atom. The molecule has 0 bridgehead atoms. The van der Waals surface area contributed by atoms with Crippen LogP contribution in [0.25, 0.3) is 0 Å². The minimum Gasteiger partial charge on any atom is -0.466 e. The number of piperidine rings is 1. The summed E-state index contributed by atoms with van der Waals surface area (Å²) in [5.74, 6) is -0.555. The molecule has 2 fully saturated rings. The number of carbonyl (C=O) groups excluding carboxylic acids is 1. The number of hydrogen-bond donors (Lipinski definition) is 0. The van der Waals surface area contributed by atoms with Gasteiger partial charge in [-0.3, -0.25) is 4.79 Å². The Bertz CT molecular complexity index is 1120. The van der Waals surface area contributed by atoms with Gasteiger partial charge in [-0.05, 0) is 81.4 Å². The third-order valence-corrected chi connectivity index (χ3v) is 7.87. The molecule has 5 nitrogen and oxygen atoms in total. The summed E-state index contributed by atoms with van der Waals surface area (Å²) in [6, 6.07) is 11.0. The second-order valence-electron chi connectivity index (χ2n) is 10.7. The molecule has 4 rings (SSSR count). The van der Waals surface area contributed by atoms with Gasteiger partial charge in [-0.25, -0.2) is 0 Å². The van der Waals surface area contributed by atoms with Gasteiger partial charge in [0.2, 0.25) is 0 Å². The molecule has 11 heteroatoms. The predicted octanol–water partition coefficient (Wildman–Crippen LogP) is 7.22. The number of hydrogen-bond acceptors (Lipinski definition) is 5. The van der Waals surface area contributed by atoms with Gasteiger partial charge >= 0.3 is 18.3 Å². The zero-order valence-corrected chi connectivity index (χ0v) is 23.0. The maximum absolute atomic E-state index is 13.5. The lowest BCUT2D eigenvalue weighted by atomic mass is 9.81. The molecule has 2 aromatic carbocycles. The molecule has 226 valence electrons. The zero-order chi connectivity index (χ0) is 29.8. The molecule has 0 radical (unpaired) electrons. The van der Waals surface area contributed by atoms with E-state index in [0.29, 0.717) is 64.2 Å². The number of carbonyl (C=O) groups is 1. The number of ether oxygens (including phenoxy) is 3. The summed E-state index contributed by atoms with van der Waals surface area (Å²) in [6.07, 6.45) is -9.81. The van der Waals surface area contributed by atoms with Gasteiger partial charge in [-0.2, -0.15) is 26.3 Å². The van der Waals surface area contributed by atoms with Gasteiger partial charge < -0.3 is 19.1 Å². The van der Waals surface area contributed by atoms with E-state index in [1.165, 1.54) is 6.92 Å². The predicted molar refractivity (Wildman–Crippen MR) is 139 cm³/mol. The van der Waals surface area contributed by atoms with Crippen LogP contribution in [-0.4, -0.2) is 50.0 Å². The largest absolute Gasteiger partial charge is 0.466 e. The highest BCUT2D eigenvalue weighted by Gasteiger charge is 2.41. The molecule has 2 saturated heterocycles. The Hall–Kier alpha value is -2.63. The first-order chi connectivity index (χ1) is 19.4. The van der Waals surface area contributed by atoms with Crippen molar-refractivity contribution in [1.29, 1.82) is 0 Å². The standard InChI is InChI=1S/C30H35F6NO4/c1-3-39-27(38)21-9-12-37(13-10-21)18-22-11-14-40-28(26(22)20-7-5-4-6-8-20)41-19(2)23-15-24(29(31,32)33)17-25(16-23)30(34,35)36/h4-8,15-17,19,21-22,26,28H,3,9-14,18H2,1-2H3/t19?,22-,26-,28+/m0/s1. The normalized spacial score (nSPS) is 23.8. The molecule has 0 N–H and O–H groups in total. The van der Waals surface area contributed by atoms with Gasteiger partial charge in [0.25, 0.3) is 0 Å². The molecule has 0 spiro atoms. The average molecular weight is 588 g/mol. The first kappa shape index (κ1) is 31.3. The highest BCUT2D eigenvalue weighted by atomic mass is 19.4. The summed E-state index contributed by atoms with van der Waals surface area (Å²) in [5, 5.41) is 0. The highest BCUT2D eigenvalue weighted by Crippen LogP contribution is 2.42. The molecule has 0 aromatic heterocycles. The maximum atomic E-state index is 13.5. The molecule has 2 heterocycles. The molecule has 41 heavy (non-hydrogen) atoms. The van der Waals surface area contributed by atoms with Gasteiger partial charge in [-0.1, -0.05) is 30.3 Å².